The largest absolute Gasteiger partial charge is 0.351 e. The summed E-state index contributed by atoms with van der Waals surface area (Å²) in [6.45, 7) is 0. The molecule has 0 aliphatic heterocycles. The number of benzene rings is 2. The Labute approximate surface area is 104 Å². The molecule has 0 aliphatic rings. The molecule has 0 saturated carbocycles. The normalized spacial score (nSPS) is 9.94. The third kappa shape index (κ3) is 2.77. The van der Waals surface area contributed by atoms with Gasteiger partial charge in [0.1, 0.15) is 0 Å². The quantitative estimate of drug-likeness (QED) is 0.837. The summed E-state index contributed by atoms with van der Waals surface area (Å²) >= 11 is 5.83. The van der Waals surface area contributed by atoms with Gasteiger partial charge in [0.2, 0.25) is 0 Å². The van der Waals surface area contributed by atoms with Crippen LogP contribution < -0.4 is 11.1 Å². The van der Waals surface area contributed by atoms with Crippen molar-refractivity contribution < 1.29 is 4.79 Å². The van der Waals surface area contributed by atoms with Gasteiger partial charge >= 0.3 is 6.03 Å². The third-order valence-electron chi connectivity index (χ3n) is 2.34. The molecule has 0 aliphatic carbocycles. The molecule has 0 radical (unpaired) electrons. The fourth-order valence-corrected chi connectivity index (χ4v) is 1.73. The summed E-state index contributed by atoms with van der Waals surface area (Å²) in [5.74, 6) is 0. The molecule has 2 rings (SSSR count). The van der Waals surface area contributed by atoms with Crippen molar-refractivity contribution >= 4 is 23.3 Å². The molecule has 2 aromatic rings. The lowest BCUT2D eigenvalue weighted by Gasteiger charge is -2.09. The Bertz CT molecular complexity index is 537. The Kier molecular flexibility index (Phi) is 3.30. The minimum absolute atomic E-state index is 0.577. The van der Waals surface area contributed by atoms with E-state index in [1.54, 1.807) is 18.2 Å². The summed E-state index contributed by atoms with van der Waals surface area (Å²) in [4.78, 5) is 10.9. The number of hydrogen-bond donors (Lipinski definition) is 2. The van der Waals surface area contributed by atoms with Crippen LogP contribution in [0.5, 0.6) is 0 Å². The number of urea groups is 1. The minimum atomic E-state index is -0.577. The Morgan fingerprint density at radius 1 is 1.06 bits per heavy atom. The lowest BCUT2D eigenvalue weighted by atomic mass is 10.0. The zero-order chi connectivity index (χ0) is 12.3. The number of para-hydroxylation sites is 1. The number of hydrogen-bond acceptors (Lipinski definition) is 1. The zero-order valence-corrected chi connectivity index (χ0v) is 9.74. The van der Waals surface area contributed by atoms with Gasteiger partial charge in [-0.15, -0.1) is 0 Å². The first-order valence-electron chi connectivity index (χ1n) is 5.08. The van der Waals surface area contributed by atoms with Gasteiger partial charge in [0.25, 0.3) is 0 Å². The molecule has 4 heteroatoms. The van der Waals surface area contributed by atoms with Gasteiger partial charge in [-0.05, 0) is 23.8 Å². The second kappa shape index (κ2) is 4.89. The summed E-state index contributed by atoms with van der Waals surface area (Å²) < 4.78 is 0. The fraction of sp³-hybridized carbons (Fsp3) is 0. The summed E-state index contributed by atoms with van der Waals surface area (Å²) in [5.41, 5.74) is 7.68. The Morgan fingerprint density at radius 2 is 1.71 bits per heavy atom. The van der Waals surface area contributed by atoms with E-state index in [0.717, 1.165) is 11.1 Å². The molecule has 2 amide bonds. The van der Waals surface area contributed by atoms with Crippen LogP contribution in [-0.2, 0) is 0 Å². The average molecular weight is 247 g/mol. The van der Waals surface area contributed by atoms with Crippen molar-refractivity contribution in [3.05, 3.63) is 53.6 Å². The third-order valence-corrected chi connectivity index (χ3v) is 2.59. The van der Waals surface area contributed by atoms with Crippen LogP contribution in [-0.4, -0.2) is 6.03 Å². The highest BCUT2D eigenvalue weighted by atomic mass is 35.5. The van der Waals surface area contributed by atoms with Gasteiger partial charge in [0.05, 0.1) is 5.69 Å². The molecule has 17 heavy (non-hydrogen) atoms. The maximum absolute atomic E-state index is 10.9. The van der Waals surface area contributed by atoms with E-state index in [1.165, 1.54) is 0 Å². The van der Waals surface area contributed by atoms with Gasteiger partial charge in [-0.2, -0.15) is 0 Å². The van der Waals surface area contributed by atoms with E-state index >= 15 is 0 Å². The van der Waals surface area contributed by atoms with Crippen molar-refractivity contribution in [1.29, 1.82) is 0 Å². The number of halogens is 1. The number of nitrogens with two attached hydrogens (primary N) is 1. The Hall–Kier alpha value is -2.00. The number of nitrogens with one attached hydrogen (secondary N) is 1. The van der Waals surface area contributed by atoms with E-state index < -0.39 is 6.03 Å². The second-order valence-corrected chi connectivity index (χ2v) is 3.98. The van der Waals surface area contributed by atoms with Crippen LogP contribution in [0.3, 0.4) is 0 Å². The van der Waals surface area contributed by atoms with Crippen molar-refractivity contribution in [2.45, 2.75) is 0 Å². The number of amides is 2. The van der Waals surface area contributed by atoms with Gasteiger partial charge < -0.3 is 11.1 Å². The van der Waals surface area contributed by atoms with Crippen LogP contribution in [0.4, 0.5) is 10.5 Å². The maximum atomic E-state index is 10.9. The van der Waals surface area contributed by atoms with Crippen LogP contribution in [0.1, 0.15) is 0 Å². The SMILES string of the molecule is NC(=O)Nc1ccccc1-c1ccc(Cl)cc1. The van der Waals surface area contributed by atoms with E-state index in [-0.39, 0.29) is 0 Å². The molecule has 0 unspecified atom stereocenters. The molecule has 3 N–H and O–H groups in total. The van der Waals surface area contributed by atoms with Crippen LogP contribution in [0.2, 0.25) is 5.02 Å². The zero-order valence-electron chi connectivity index (χ0n) is 8.98. The van der Waals surface area contributed by atoms with Gasteiger partial charge in [-0.25, -0.2) is 4.79 Å². The van der Waals surface area contributed by atoms with E-state index in [2.05, 4.69) is 5.32 Å². The van der Waals surface area contributed by atoms with E-state index in [0.29, 0.717) is 10.7 Å². The Morgan fingerprint density at radius 3 is 2.35 bits per heavy atom. The highest BCUT2D eigenvalue weighted by molar-refractivity contribution is 6.30. The van der Waals surface area contributed by atoms with Gasteiger partial charge in [0, 0.05) is 10.6 Å². The number of anilines is 1. The van der Waals surface area contributed by atoms with E-state index in [4.69, 9.17) is 17.3 Å². The van der Waals surface area contributed by atoms with E-state index in [1.807, 2.05) is 30.3 Å². The molecule has 0 spiro atoms. The van der Waals surface area contributed by atoms with Crippen molar-refractivity contribution in [2.75, 3.05) is 5.32 Å². The minimum Gasteiger partial charge on any atom is -0.351 e. The van der Waals surface area contributed by atoms with Gasteiger partial charge in [0.15, 0.2) is 0 Å². The maximum Gasteiger partial charge on any atom is 0.316 e. The second-order valence-electron chi connectivity index (χ2n) is 3.54. The number of carbonyl (C=O) groups is 1. The Balaban J connectivity index is 2.44. The number of carbonyl (C=O) groups excluding carboxylic acids is 1. The standard InChI is InChI=1S/C13H11ClN2O/c14-10-7-5-9(6-8-10)11-3-1-2-4-12(11)16-13(15)17/h1-8H,(H3,15,16,17). The molecular weight excluding hydrogens is 236 g/mol. The summed E-state index contributed by atoms with van der Waals surface area (Å²) in [5, 5.41) is 3.27. The highest BCUT2D eigenvalue weighted by Crippen LogP contribution is 2.28. The molecule has 0 fully saturated rings. The van der Waals surface area contributed by atoms with Crippen LogP contribution in [0.25, 0.3) is 11.1 Å². The molecule has 2 aromatic carbocycles. The lowest BCUT2D eigenvalue weighted by Crippen LogP contribution is -2.19. The van der Waals surface area contributed by atoms with Crippen molar-refractivity contribution in [1.82, 2.24) is 0 Å². The predicted octanol–water partition coefficient (Wildman–Crippen LogP) is 3.50. The highest BCUT2D eigenvalue weighted by Gasteiger charge is 2.05. The van der Waals surface area contributed by atoms with Crippen molar-refractivity contribution in [2.24, 2.45) is 5.73 Å². The fourth-order valence-electron chi connectivity index (χ4n) is 1.61. The lowest BCUT2D eigenvalue weighted by molar-refractivity contribution is 0.259. The molecule has 3 nitrogen and oxygen atoms in total. The van der Waals surface area contributed by atoms with Crippen LogP contribution >= 0.6 is 11.6 Å². The summed E-state index contributed by atoms with van der Waals surface area (Å²) in [6, 6.07) is 14.3. The predicted molar refractivity (Wildman–Crippen MR) is 70.1 cm³/mol. The first kappa shape index (κ1) is 11.5. The van der Waals surface area contributed by atoms with Crippen molar-refractivity contribution in [3.63, 3.8) is 0 Å². The monoisotopic (exact) mass is 246 g/mol. The molecule has 0 bridgehead atoms. The van der Waals surface area contributed by atoms with Gasteiger partial charge in [-0.3, -0.25) is 0 Å². The first-order chi connectivity index (χ1) is 8.16. The van der Waals surface area contributed by atoms with E-state index in [9.17, 15) is 4.79 Å². The molecule has 0 saturated heterocycles. The van der Waals surface area contributed by atoms with Gasteiger partial charge in [-0.1, -0.05) is 41.9 Å². The number of primary amides is 1. The molecule has 0 atom stereocenters. The first-order valence-corrected chi connectivity index (χ1v) is 5.46. The molecule has 0 aromatic heterocycles. The topological polar surface area (TPSA) is 55.1 Å². The molecular formula is C13H11ClN2O. The summed E-state index contributed by atoms with van der Waals surface area (Å²) in [6.07, 6.45) is 0. The van der Waals surface area contributed by atoms with Crippen molar-refractivity contribution in [3.8, 4) is 11.1 Å². The molecule has 86 valence electrons. The summed E-state index contributed by atoms with van der Waals surface area (Å²) in [7, 11) is 0. The van der Waals surface area contributed by atoms with Crippen LogP contribution in [0.15, 0.2) is 48.5 Å². The van der Waals surface area contributed by atoms with Crippen LogP contribution in [0, 0.1) is 0 Å². The molecule has 0 heterocycles. The smallest absolute Gasteiger partial charge is 0.316 e. The average Bonchev–Trinajstić information content (AvgIpc) is 2.30. The number of rotatable bonds is 2.